The number of anilines is 1. The monoisotopic (exact) mass is 431 g/mol. The van der Waals surface area contributed by atoms with Crippen LogP contribution in [0, 0.1) is 0 Å². The minimum atomic E-state index is -0.742. The Balaban J connectivity index is 2.02. The molecule has 0 spiro atoms. The number of carbonyl (C=O) groups is 2. The number of halogens is 2. The van der Waals surface area contributed by atoms with Crippen molar-refractivity contribution in [3.05, 3.63) is 75.4 Å². The van der Waals surface area contributed by atoms with Crippen LogP contribution in [0.15, 0.2) is 64.9 Å². The average molecular weight is 432 g/mol. The molecule has 6 nitrogen and oxygen atoms in total. The van der Waals surface area contributed by atoms with Gasteiger partial charge in [-0.15, -0.1) is 0 Å². The average Bonchev–Trinajstić information content (AvgIpc) is 2.67. The van der Waals surface area contributed by atoms with Crippen molar-refractivity contribution in [2.24, 2.45) is 5.10 Å². The highest BCUT2D eigenvalue weighted by molar-refractivity contribution is 6.46. The largest absolute Gasteiger partial charge is 0.463 e. The Morgan fingerprint density at radius 2 is 1.83 bits per heavy atom. The summed E-state index contributed by atoms with van der Waals surface area (Å²) < 4.78 is 5.22. The first kappa shape index (κ1) is 20.9. The number of benzene rings is 2. The van der Waals surface area contributed by atoms with Crippen molar-refractivity contribution in [2.75, 3.05) is 11.9 Å². The van der Waals surface area contributed by atoms with Crippen LogP contribution in [0.3, 0.4) is 0 Å². The molecule has 1 aliphatic rings. The number of rotatable bonds is 5. The number of allylic oxidation sites excluding steroid dienone is 1. The van der Waals surface area contributed by atoms with Crippen LogP contribution in [0.25, 0.3) is 0 Å². The van der Waals surface area contributed by atoms with E-state index in [1.54, 1.807) is 62.4 Å². The van der Waals surface area contributed by atoms with E-state index in [4.69, 9.17) is 27.9 Å². The van der Waals surface area contributed by atoms with Gasteiger partial charge >= 0.3 is 5.97 Å². The van der Waals surface area contributed by atoms with Gasteiger partial charge in [0.2, 0.25) is 0 Å². The number of carbonyl (C=O) groups excluding carboxylic acids is 2. The Morgan fingerprint density at radius 1 is 1.14 bits per heavy atom. The van der Waals surface area contributed by atoms with Gasteiger partial charge in [0.15, 0.2) is 0 Å². The van der Waals surface area contributed by atoms with Crippen molar-refractivity contribution < 1.29 is 14.3 Å². The van der Waals surface area contributed by atoms with Crippen molar-refractivity contribution in [1.29, 1.82) is 0 Å². The summed E-state index contributed by atoms with van der Waals surface area (Å²) in [5, 5.41) is 7.96. The first-order valence-electron chi connectivity index (χ1n) is 8.94. The smallest absolute Gasteiger partial charge is 0.336 e. The maximum atomic E-state index is 13.0. The van der Waals surface area contributed by atoms with E-state index in [1.165, 1.54) is 0 Å². The summed E-state index contributed by atoms with van der Waals surface area (Å²) in [6, 6.07) is 13.7. The van der Waals surface area contributed by atoms with Crippen LogP contribution in [0.2, 0.25) is 10.0 Å². The Morgan fingerprint density at radius 3 is 2.48 bits per heavy atom. The van der Waals surface area contributed by atoms with Gasteiger partial charge < -0.3 is 10.1 Å². The number of amides is 1. The van der Waals surface area contributed by atoms with Gasteiger partial charge in [0.25, 0.3) is 5.91 Å². The molecule has 1 amide bonds. The van der Waals surface area contributed by atoms with E-state index in [1.807, 2.05) is 0 Å². The lowest BCUT2D eigenvalue weighted by atomic mass is 9.84. The van der Waals surface area contributed by atoms with Gasteiger partial charge in [0, 0.05) is 21.4 Å². The van der Waals surface area contributed by atoms with Crippen LogP contribution in [-0.4, -0.2) is 24.2 Å². The van der Waals surface area contributed by atoms with E-state index in [-0.39, 0.29) is 12.3 Å². The summed E-state index contributed by atoms with van der Waals surface area (Å²) in [6.45, 7) is 3.64. The number of hydrazone groups is 1. The Hall–Kier alpha value is -2.83. The minimum absolute atomic E-state index is 0.112. The third kappa shape index (κ3) is 4.78. The molecule has 1 unspecified atom stereocenters. The molecule has 0 fully saturated rings. The van der Waals surface area contributed by atoms with E-state index in [0.717, 1.165) is 0 Å². The minimum Gasteiger partial charge on any atom is -0.463 e. The van der Waals surface area contributed by atoms with E-state index >= 15 is 0 Å². The molecule has 2 N–H and O–H groups in total. The molecule has 150 valence electrons. The summed E-state index contributed by atoms with van der Waals surface area (Å²) in [6.07, 6.45) is 0. The predicted octanol–water partition coefficient (Wildman–Crippen LogP) is 4.51. The molecule has 29 heavy (non-hydrogen) atoms. The van der Waals surface area contributed by atoms with Crippen molar-refractivity contribution >= 4 is 46.5 Å². The lowest BCUT2D eigenvalue weighted by Gasteiger charge is -2.27. The highest BCUT2D eigenvalue weighted by Crippen LogP contribution is 2.33. The van der Waals surface area contributed by atoms with E-state index in [0.29, 0.717) is 32.6 Å². The van der Waals surface area contributed by atoms with Crippen LogP contribution in [0.4, 0.5) is 5.69 Å². The molecule has 0 aliphatic carbocycles. The molecule has 2 aromatic rings. The molecule has 1 aliphatic heterocycles. The second kappa shape index (κ2) is 9.11. The lowest BCUT2D eigenvalue weighted by Crippen LogP contribution is -2.37. The van der Waals surface area contributed by atoms with Crippen LogP contribution >= 0.6 is 23.2 Å². The van der Waals surface area contributed by atoms with Gasteiger partial charge in [-0.25, -0.2) is 4.79 Å². The van der Waals surface area contributed by atoms with Gasteiger partial charge in [-0.3, -0.25) is 10.2 Å². The molecule has 0 saturated carbocycles. The first-order valence-corrected chi connectivity index (χ1v) is 9.70. The third-order valence-electron chi connectivity index (χ3n) is 4.30. The second-order valence-electron chi connectivity index (χ2n) is 6.32. The van der Waals surface area contributed by atoms with E-state index < -0.39 is 17.8 Å². The third-order valence-corrected chi connectivity index (χ3v) is 4.77. The summed E-state index contributed by atoms with van der Waals surface area (Å²) >= 11 is 12.2. The number of nitrogens with zero attached hydrogens (tertiary/aromatic N) is 1. The first-order chi connectivity index (χ1) is 13.9. The van der Waals surface area contributed by atoms with Crippen LogP contribution in [0.5, 0.6) is 0 Å². The molecule has 0 aromatic heterocycles. The van der Waals surface area contributed by atoms with E-state index in [9.17, 15) is 9.59 Å². The zero-order valence-electron chi connectivity index (χ0n) is 15.8. The van der Waals surface area contributed by atoms with Crippen LogP contribution in [0.1, 0.15) is 25.3 Å². The van der Waals surface area contributed by atoms with Crippen molar-refractivity contribution in [1.82, 2.24) is 5.43 Å². The number of nitrogens with one attached hydrogen (secondary N) is 2. The number of hydrogen-bond acceptors (Lipinski definition) is 5. The fourth-order valence-corrected chi connectivity index (χ4v) is 3.44. The fourth-order valence-electron chi connectivity index (χ4n) is 3.06. The standard InChI is InChI=1S/C21H19Cl2N3O3/c1-3-29-21(28)17-12(2)25-26-19(18(17)13-6-4-7-14(22)10-13)20(27)24-16-9-5-8-15(23)11-16/h4-11,18,25H,3H2,1-2H3,(H,24,27). The zero-order chi connectivity index (χ0) is 21.0. The van der Waals surface area contributed by atoms with Gasteiger partial charge in [-0.2, -0.15) is 5.10 Å². The molecule has 0 bridgehead atoms. The van der Waals surface area contributed by atoms with Crippen molar-refractivity contribution in [2.45, 2.75) is 19.8 Å². The molecule has 2 aromatic carbocycles. The quantitative estimate of drug-likeness (QED) is 0.682. The molecule has 8 heteroatoms. The fraction of sp³-hybridized carbons (Fsp3) is 0.190. The van der Waals surface area contributed by atoms with Gasteiger partial charge in [0.05, 0.1) is 18.1 Å². The summed E-state index contributed by atoms with van der Waals surface area (Å²) in [5.74, 6) is -1.74. The predicted molar refractivity (Wildman–Crippen MR) is 114 cm³/mol. The highest BCUT2D eigenvalue weighted by atomic mass is 35.5. The van der Waals surface area contributed by atoms with Gasteiger partial charge in [0.1, 0.15) is 5.71 Å². The Bertz CT molecular complexity index is 1020. The van der Waals surface area contributed by atoms with E-state index in [2.05, 4.69) is 15.8 Å². The highest BCUT2D eigenvalue weighted by Gasteiger charge is 2.37. The Labute approximate surface area is 178 Å². The Kier molecular flexibility index (Phi) is 6.56. The summed E-state index contributed by atoms with van der Waals surface area (Å²) in [5.41, 5.74) is 4.85. The maximum Gasteiger partial charge on any atom is 0.336 e. The summed E-state index contributed by atoms with van der Waals surface area (Å²) in [7, 11) is 0. The van der Waals surface area contributed by atoms with Gasteiger partial charge in [-0.05, 0) is 49.7 Å². The molecule has 0 radical (unpaired) electrons. The van der Waals surface area contributed by atoms with Gasteiger partial charge in [-0.1, -0.05) is 41.4 Å². The summed E-state index contributed by atoms with van der Waals surface area (Å²) in [4.78, 5) is 25.7. The molecular weight excluding hydrogens is 413 g/mol. The normalized spacial score (nSPS) is 16.0. The lowest BCUT2D eigenvalue weighted by molar-refractivity contribution is -0.138. The number of ether oxygens (including phenoxy) is 1. The van der Waals surface area contributed by atoms with Crippen LogP contribution < -0.4 is 10.7 Å². The second-order valence-corrected chi connectivity index (χ2v) is 7.19. The van der Waals surface area contributed by atoms with Crippen molar-refractivity contribution in [3.63, 3.8) is 0 Å². The SMILES string of the molecule is CCOC(=O)C1=C(C)NN=C(C(=O)Nc2cccc(Cl)c2)C1c1cccc(Cl)c1. The van der Waals surface area contributed by atoms with Crippen molar-refractivity contribution in [3.8, 4) is 0 Å². The molecule has 3 rings (SSSR count). The molecule has 1 heterocycles. The number of esters is 1. The topological polar surface area (TPSA) is 79.8 Å². The molecule has 0 saturated heterocycles. The van der Waals surface area contributed by atoms with Crippen LogP contribution in [-0.2, 0) is 14.3 Å². The molecule has 1 atom stereocenters. The molecular formula is C21H19Cl2N3O3. The zero-order valence-corrected chi connectivity index (χ0v) is 17.3. The maximum absolute atomic E-state index is 13.0. The number of hydrogen-bond donors (Lipinski definition) is 2.